The monoisotopic (exact) mass is 251 g/mol. The Hall–Kier alpha value is -0.970. The van der Waals surface area contributed by atoms with E-state index in [1.165, 1.54) is 11.1 Å². The Kier molecular flexibility index (Phi) is 5.26. The van der Waals surface area contributed by atoms with Crippen molar-refractivity contribution in [3.8, 4) is 0 Å². The van der Waals surface area contributed by atoms with Gasteiger partial charge >= 0.3 is 0 Å². The molecule has 18 heavy (non-hydrogen) atoms. The van der Waals surface area contributed by atoms with Crippen LogP contribution < -0.4 is 11.3 Å². The smallest absolute Gasteiger partial charge is 0.0635 e. The van der Waals surface area contributed by atoms with Gasteiger partial charge in [0.2, 0.25) is 0 Å². The van der Waals surface area contributed by atoms with Crippen molar-refractivity contribution in [1.82, 2.24) is 10.4 Å². The molecule has 1 aromatic rings. The van der Waals surface area contributed by atoms with Crippen molar-refractivity contribution in [3.05, 3.63) is 29.1 Å². The highest BCUT2D eigenvalue weighted by Crippen LogP contribution is 2.24. The number of nitrogens with zero attached hydrogens (tertiary/aromatic N) is 1. The van der Waals surface area contributed by atoms with E-state index in [0.29, 0.717) is 0 Å². The molecule has 0 fully saturated rings. The Morgan fingerprint density at radius 2 is 2.11 bits per heavy atom. The molecule has 102 valence electrons. The van der Waals surface area contributed by atoms with Gasteiger partial charge < -0.3 is 4.74 Å². The minimum Gasteiger partial charge on any atom is -0.379 e. The van der Waals surface area contributed by atoms with Gasteiger partial charge in [0.25, 0.3) is 0 Å². The summed E-state index contributed by atoms with van der Waals surface area (Å²) in [6, 6.07) is 2.20. The molecular formula is C14H25N3O. The lowest BCUT2D eigenvalue weighted by atomic mass is 9.95. The van der Waals surface area contributed by atoms with Crippen molar-refractivity contribution in [1.29, 1.82) is 0 Å². The Morgan fingerprint density at radius 3 is 2.61 bits per heavy atom. The number of pyridine rings is 1. The first-order valence-corrected chi connectivity index (χ1v) is 6.34. The maximum atomic E-state index is 5.65. The molecule has 0 aliphatic rings. The summed E-state index contributed by atoms with van der Waals surface area (Å²) in [5.74, 6) is 5.65. The quantitative estimate of drug-likeness (QED) is 0.602. The molecule has 0 radical (unpaired) electrons. The predicted octanol–water partition coefficient (Wildman–Crippen LogP) is 2.41. The summed E-state index contributed by atoms with van der Waals surface area (Å²) in [6.45, 7) is 8.27. The molecule has 4 nitrogen and oxygen atoms in total. The third-order valence-corrected chi connectivity index (χ3v) is 3.37. The molecule has 0 spiro atoms. The van der Waals surface area contributed by atoms with Gasteiger partial charge in [0.15, 0.2) is 0 Å². The van der Waals surface area contributed by atoms with E-state index in [4.69, 9.17) is 10.6 Å². The summed E-state index contributed by atoms with van der Waals surface area (Å²) in [7, 11) is 1.74. The minimum absolute atomic E-state index is 0.0695. The van der Waals surface area contributed by atoms with Crippen LogP contribution in [0.3, 0.4) is 0 Å². The van der Waals surface area contributed by atoms with Gasteiger partial charge in [-0.1, -0.05) is 6.07 Å². The first-order chi connectivity index (χ1) is 8.39. The first-order valence-electron chi connectivity index (χ1n) is 6.34. The van der Waals surface area contributed by atoms with E-state index in [9.17, 15) is 0 Å². The van der Waals surface area contributed by atoms with Crippen molar-refractivity contribution in [2.45, 2.75) is 52.2 Å². The van der Waals surface area contributed by atoms with Crippen molar-refractivity contribution in [2.24, 2.45) is 5.84 Å². The summed E-state index contributed by atoms with van der Waals surface area (Å²) in [5.41, 5.74) is 6.09. The molecule has 0 amide bonds. The van der Waals surface area contributed by atoms with Gasteiger partial charge in [-0.3, -0.25) is 16.3 Å². The van der Waals surface area contributed by atoms with Gasteiger partial charge in [-0.2, -0.15) is 0 Å². The lowest BCUT2D eigenvalue weighted by molar-refractivity contribution is 0.0115. The van der Waals surface area contributed by atoms with E-state index >= 15 is 0 Å². The van der Waals surface area contributed by atoms with Crippen LogP contribution in [0.5, 0.6) is 0 Å². The lowest BCUT2D eigenvalue weighted by Gasteiger charge is -2.26. The normalized spacial score (nSPS) is 13.7. The molecular weight excluding hydrogens is 226 g/mol. The molecule has 1 atom stereocenters. The number of aryl methyl sites for hydroxylation is 2. The van der Waals surface area contributed by atoms with Crippen LogP contribution in [0.2, 0.25) is 0 Å². The average Bonchev–Trinajstić information content (AvgIpc) is 2.32. The maximum absolute atomic E-state index is 5.65. The standard InChI is InChI=1S/C14H25N3O/c1-10-8-11(2)13(16-9-10)12(17-15)6-7-14(3,4)18-5/h8-9,12,17H,6-7,15H2,1-5H3. The lowest BCUT2D eigenvalue weighted by Crippen LogP contribution is -2.32. The van der Waals surface area contributed by atoms with Crippen molar-refractivity contribution >= 4 is 0 Å². The molecule has 1 aromatic heterocycles. The second-order valence-electron chi connectivity index (χ2n) is 5.44. The fraction of sp³-hybridized carbons (Fsp3) is 0.643. The highest BCUT2D eigenvalue weighted by atomic mass is 16.5. The molecule has 1 unspecified atom stereocenters. The molecule has 0 aromatic carbocycles. The Morgan fingerprint density at radius 1 is 1.44 bits per heavy atom. The Balaban J connectivity index is 2.77. The van der Waals surface area contributed by atoms with Gasteiger partial charge in [0.1, 0.15) is 0 Å². The van der Waals surface area contributed by atoms with Crippen LogP contribution in [-0.2, 0) is 4.74 Å². The molecule has 0 bridgehead atoms. The number of nitrogens with two attached hydrogens (primary N) is 1. The van der Waals surface area contributed by atoms with Gasteiger partial charge in [0.05, 0.1) is 17.3 Å². The number of hydrogen-bond donors (Lipinski definition) is 2. The maximum Gasteiger partial charge on any atom is 0.0635 e. The Bertz CT molecular complexity index is 391. The summed E-state index contributed by atoms with van der Waals surface area (Å²) in [6.07, 6.45) is 3.70. The van der Waals surface area contributed by atoms with Crippen LogP contribution in [0.25, 0.3) is 0 Å². The molecule has 1 rings (SSSR count). The number of rotatable bonds is 6. The van der Waals surface area contributed by atoms with Crippen LogP contribution >= 0.6 is 0 Å². The number of hydrogen-bond acceptors (Lipinski definition) is 4. The number of hydrazine groups is 1. The van der Waals surface area contributed by atoms with Crippen LogP contribution in [0.4, 0.5) is 0 Å². The highest BCUT2D eigenvalue weighted by molar-refractivity contribution is 5.25. The molecule has 1 heterocycles. The number of ether oxygens (including phenoxy) is 1. The van der Waals surface area contributed by atoms with E-state index in [1.807, 2.05) is 13.1 Å². The molecule has 0 aliphatic carbocycles. The van der Waals surface area contributed by atoms with E-state index in [2.05, 4.69) is 37.2 Å². The second kappa shape index (κ2) is 6.27. The fourth-order valence-electron chi connectivity index (χ4n) is 1.98. The molecule has 0 saturated carbocycles. The molecule has 0 aliphatic heterocycles. The molecule has 3 N–H and O–H groups in total. The topological polar surface area (TPSA) is 60.2 Å². The summed E-state index contributed by atoms with van der Waals surface area (Å²) in [4.78, 5) is 4.49. The summed E-state index contributed by atoms with van der Waals surface area (Å²) in [5, 5.41) is 0. The average molecular weight is 251 g/mol. The van der Waals surface area contributed by atoms with E-state index in [1.54, 1.807) is 7.11 Å². The van der Waals surface area contributed by atoms with Crippen LogP contribution in [0.15, 0.2) is 12.3 Å². The zero-order chi connectivity index (χ0) is 13.8. The number of aromatic nitrogens is 1. The van der Waals surface area contributed by atoms with Crippen molar-refractivity contribution in [2.75, 3.05) is 7.11 Å². The Labute approximate surface area is 110 Å². The van der Waals surface area contributed by atoms with Gasteiger partial charge in [-0.25, -0.2) is 0 Å². The third kappa shape index (κ3) is 4.05. The molecule has 4 heteroatoms. The first kappa shape index (κ1) is 15.1. The van der Waals surface area contributed by atoms with Crippen LogP contribution in [0.1, 0.15) is 49.6 Å². The van der Waals surface area contributed by atoms with Gasteiger partial charge in [-0.05, 0) is 51.7 Å². The fourth-order valence-corrected chi connectivity index (χ4v) is 1.98. The predicted molar refractivity (Wildman–Crippen MR) is 74.1 cm³/mol. The van der Waals surface area contributed by atoms with Gasteiger partial charge in [0, 0.05) is 13.3 Å². The molecule has 0 saturated heterocycles. The largest absolute Gasteiger partial charge is 0.379 e. The van der Waals surface area contributed by atoms with Crippen molar-refractivity contribution < 1.29 is 4.74 Å². The highest BCUT2D eigenvalue weighted by Gasteiger charge is 2.21. The van der Waals surface area contributed by atoms with Crippen LogP contribution in [-0.4, -0.2) is 17.7 Å². The van der Waals surface area contributed by atoms with E-state index < -0.39 is 0 Å². The SMILES string of the molecule is COC(C)(C)CCC(NN)c1ncc(C)cc1C. The zero-order valence-electron chi connectivity index (χ0n) is 12.1. The number of nitrogens with one attached hydrogen (secondary N) is 1. The van der Waals surface area contributed by atoms with Crippen LogP contribution in [0, 0.1) is 13.8 Å². The van der Waals surface area contributed by atoms with E-state index in [0.717, 1.165) is 18.5 Å². The minimum atomic E-state index is -0.131. The zero-order valence-corrected chi connectivity index (χ0v) is 12.1. The third-order valence-electron chi connectivity index (χ3n) is 3.37. The summed E-state index contributed by atoms with van der Waals surface area (Å²) < 4.78 is 5.43. The van der Waals surface area contributed by atoms with E-state index in [-0.39, 0.29) is 11.6 Å². The van der Waals surface area contributed by atoms with Gasteiger partial charge in [-0.15, -0.1) is 0 Å². The van der Waals surface area contributed by atoms with Crippen molar-refractivity contribution in [3.63, 3.8) is 0 Å². The summed E-state index contributed by atoms with van der Waals surface area (Å²) >= 11 is 0. The second-order valence-corrected chi connectivity index (χ2v) is 5.44. The number of methoxy groups -OCH3 is 1.